The lowest BCUT2D eigenvalue weighted by Crippen LogP contribution is -2.36. The zero-order chi connectivity index (χ0) is 20.4. The molecule has 0 aromatic heterocycles. The molecule has 142 valence electrons. The van der Waals surface area contributed by atoms with E-state index in [0.717, 1.165) is 0 Å². The lowest BCUT2D eigenvalue weighted by atomic mass is 9.82. The van der Waals surface area contributed by atoms with Gasteiger partial charge in [0, 0.05) is 10.6 Å². The first-order valence-corrected chi connectivity index (χ1v) is 9.06. The van der Waals surface area contributed by atoms with Gasteiger partial charge in [-0.1, -0.05) is 38.4 Å². The summed E-state index contributed by atoms with van der Waals surface area (Å²) in [5.74, 6) is -0.647. The van der Waals surface area contributed by atoms with E-state index in [-0.39, 0.29) is 27.6 Å². The van der Waals surface area contributed by atoms with Crippen LogP contribution in [0.2, 0.25) is 5.02 Å². The van der Waals surface area contributed by atoms with Crippen LogP contribution in [0.3, 0.4) is 0 Å². The molecule has 2 N–H and O–H groups in total. The molecule has 5 nitrogen and oxygen atoms in total. The summed E-state index contributed by atoms with van der Waals surface area (Å²) < 4.78 is 21.2. The predicted molar refractivity (Wildman–Crippen MR) is 104 cm³/mol. The molecule has 0 aliphatic heterocycles. The van der Waals surface area contributed by atoms with E-state index in [1.807, 2.05) is 6.07 Å². The van der Waals surface area contributed by atoms with Crippen molar-refractivity contribution in [2.75, 3.05) is 0 Å². The van der Waals surface area contributed by atoms with Crippen LogP contribution in [0.25, 0.3) is 0 Å². The second kappa shape index (κ2) is 8.15. The van der Waals surface area contributed by atoms with Crippen molar-refractivity contribution in [1.29, 1.82) is 5.26 Å². The maximum atomic E-state index is 15.2. The molecule has 0 spiro atoms. The first-order valence-electron chi connectivity index (χ1n) is 7.89. The van der Waals surface area contributed by atoms with Crippen molar-refractivity contribution in [3.05, 3.63) is 56.8 Å². The van der Waals surface area contributed by atoms with Crippen molar-refractivity contribution < 1.29 is 19.0 Å². The van der Waals surface area contributed by atoms with Crippen LogP contribution in [0, 0.1) is 22.6 Å². The minimum atomic E-state index is -1.26. The Labute approximate surface area is 169 Å². The average molecular weight is 456 g/mol. The van der Waals surface area contributed by atoms with Gasteiger partial charge in [0.1, 0.15) is 5.75 Å². The molecule has 2 aromatic rings. The fourth-order valence-electron chi connectivity index (χ4n) is 2.55. The molecule has 2 aromatic carbocycles. The second-order valence-electron chi connectivity index (χ2n) is 6.92. The van der Waals surface area contributed by atoms with E-state index in [2.05, 4.69) is 21.2 Å². The van der Waals surface area contributed by atoms with Crippen molar-refractivity contribution in [3.63, 3.8) is 0 Å². The highest BCUT2D eigenvalue weighted by Crippen LogP contribution is 2.41. The van der Waals surface area contributed by atoms with E-state index in [0.29, 0.717) is 4.47 Å². The first kappa shape index (κ1) is 21.0. The Morgan fingerprint density at radius 1 is 1.37 bits per heavy atom. The summed E-state index contributed by atoms with van der Waals surface area (Å²) in [7, 11) is 0. The number of nitrogens with zero attached hydrogens (tertiary/aromatic N) is 1. The Kier molecular flexibility index (Phi) is 6.34. The number of carbonyl (C=O) groups is 1. The normalized spacial score (nSPS) is 12.2. The molecule has 2 rings (SSSR count). The molecule has 0 fully saturated rings. The maximum Gasteiger partial charge on any atom is 0.405 e. The van der Waals surface area contributed by atoms with Crippen LogP contribution in [0.5, 0.6) is 11.5 Å². The quantitative estimate of drug-likeness (QED) is 0.570. The Morgan fingerprint density at radius 3 is 2.59 bits per heavy atom. The summed E-state index contributed by atoms with van der Waals surface area (Å²) in [6.45, 7) is 5.39. The summed E-state index contributed by atoms with van der Waals surface area (Å²) in [5, 5.41) is 20.8. The third-order valence-electron chi connectivity index (χ3n) is 3.74. The number of carboxylic acid groups (broad SMARTS) is 1. The van der Waals surface area contributed by atoms with E-state index in [1.54, 1.807) is 26.8 Å². The minimum Gasteiger partial charge on any atom is -0.465 e. The van der Waals surface area contributed by atoms with Crippen LogP contribution in [0.4, 0.5) is 9.18 Å². The molecule has 8 heteroatoms. The Bertz CT molecular complexity index is 922. The maximum absolute atomic E-state index is 15.2. The van der Waals surface area contributed by atoms with E-state index in [1.165, 1.54) is 24.3 Å². The second-order valence-corrected chi connectivity index (χ2v) is 8.21. The standard InChI is InChI=1S/C19H17BrClFN2O3/c1-19(2,3)17(24-18(25)26)13-4-5-14(20)16(15(13)22)27-12-7-10(9-23)6-11(21)8-12/h4-8,17,24H,1-3H3,(H,25,26). The Balaban J connectivity index is 2.53. The summed E-state index contributed by atoms with van der Waals surface area (Å²) in [5.41, 5.74) is -0.176. The number of amides is 1. The molecule has 0 aliphatic rings. The first-order chi connectivity index (χ1) is 12.5. The Morgan fingerprint density at radius 2 is 2.04 bits per heavy atom. The van der Waals surface area contributed by atoms with Gasteiger partial charge in [-0.05, 0) is 45.6 Å². The van der Waals surface area contributed by atoms with Crippen LogP contribution in [0.1, 0.15) is 37.9 Å². The summed E-state index contributed by atoms with van der Waals surface area (Å²) >= 11 is 9.21. The SMILES string of the molecule is CC(C)(C)C(NC(=O)O)c1ccc(Br)c(Oc2cc(Cl)cc(C#N)c2)c1F. The highest BCUT2D eigenvalue weighted by atomic mass is 79.9. The fourth-order valence-corrected chi connectivity index (χ4v) is 3.16. The molecular formula is C19H17BrClFN2O3. The molecule has 1 unspecified atom stereocenters. The van der Waals surface area contributed by atoms with Gasteiger partial charge in [-0.2, -0.15) is 5.26 Å². The number of hydrogen-bond donors (Lipinski definition) is 2. The number of nitrogens with one attached hydrogen (secondary N) is 1. The van der Waals surface area contributed by atoms with E-state index >= 15 is 4.39 Å². The van der Waals surface area contributed by atoms with E-state index in [9.17, 15) is 4.79 Å². The molecule has 0 saturated carbocycles. The van der Waals surface area contributed by atoms with Crippen molar-refractivity contribution in [1.82, 2.24) is 5.32 Å². The lowest BCUT2D eigenvalue weighted by molar-refractivity contribution is 0.174. The summed E-state index contributed by atoms with van der Waals surface area (Å²) in [6.07, 6.45) is -1.26. The van der Waals surface area contributed by atoms with Crippen molar-refractivity contribution >= 4 is 33.6 Å². The van der Waals surface area contributed by atoms with Crippen LogP contribution >= 0.6 is 27.5 Å². The molecular weight excluding hydrogens is 439 g/mol. The highest BCUT2D eigenvalue weighted by Gasteiger charge is 2.32. The molecule has 0 aliphatic carbocycles. The van der Waals surface area contributed by atoms with E-state index < -0.39 is 23.4 Å². The van der Waals surface area contributed by atoms with Gasteiger partial charge >= 0.3 is 6.09 Å². The number of benzene rings is 2. The van der Waals surface area contributed by atoms with Gasteiger partial charge < -0.3 is 15.2 Å². The lowest BCUT2D eigenvalue weighted by Gasteiger charge is -2.31. The monoisotopic (exact) mass is 454 g/mol. The topological polar surface area (TPSA) is 82.3 Å². The van der Waals surface area contributed by atoms with Gasteiger partial charge in [-0.15, -0.1) is 0 Å². The third-order valence-corrected chi connectivity index (χ3v) is 4.59. The average Bonchev–Trinajstić information content (AvgIpc) is 2.55. The molecule has 27 heavy (non-hydrogen) atoms. The Hall–Kier alpha value is -2.30. The van der Waals surface area contributed by atoms with Crippen molar-refractivity contribution in [2.45, 2.75) is 26.8 Å². The van der Waals surface area contributed by atoms with E-state index in [4.69, 9.17) is 26.7 Å². The molecule has 0 saturated heterocycles. The van der Waals surface area contributed by atoms with Gasteiger partial charge in [0.05, 0.1) is 22.1 Å². The highest BCUT2D eigenvalue weighted by molar-refractivity contribution is 9.10. The molecule has 0 radical (unpaired) electrons. The smallest absolute Gasteiger partial charge is 0.405 e. The van der Waals surface area contributed by atoms with Crippen molar-refractivity contribution in [3.8, 4) is 17.6 Å². The van der Waals surface area contributed by atoms with Gasteiger partial charge in [-0.3, -0.25) is 0 Å². The number of ether oxygens (including phenoxy) is 1. The third kappa shape index (κ3) is 5.12. The van der Waals surface area contributed by atoms with Crippen LogP contribution in [-0.4, -0.2) is 11.2 Å². The minimum absolute atomic E-state index is 0.125. The number of rotatable bonds is 4. The van der Waals surface area contributed by atoms with Gasteiger partial charge in [0.25, 0.3) is 0 Å². The zero-order valence-electron chi connectivity index (χ0n) is 14.8. The summed E-state index contributed by atoms with van der Waals surface area (Å²) in [6, 6.07) is 8.56. The van der Waals surface area contributed by atoms with Gasteiger partial charge in [0.2, 0.25) is 0 Å². The van der Waals surface area contributed by atoms with Gasteiger partial charge in [-0.25, -0.2) is 9.18 Å². The number of nitriles is 1. The largest absolute Gasteiger partial charge is 0.465 e. The van der Waals surface area contributed by atoms with Crippen LogP contribution < -0.4 is 10.1 Å². The molecule has 0 heterocycles. The number of hydrogen-bond acceptors (Lipinski definition) is 3. The van der Waals surface area contributed by atoms with Crippen LogP contribution in [0.15, 0.2) is 34.8 Å². The predicted octanol–water partition coefficient (Wildman–Crippen LogP) is 6.26. The zero-order valence-corrected chi connectivity index (χ0v) is 17.2. The van der Waals surface area contributed by atoms with Crippen molar-refractivity contribution in [2.24, 2.45) is 5.41 Å². The molecule has 0 bridgehead atoms. The number of halogens is 3. The molecule has 1 atom stereocenters. The van der Waals surface area contributed by atoms with Crippen LogP contribution in [-0.2, 0) is 0 Å². The van der Waals surface area contributed by atoms with Gasteiger partial charge in [0.15, 0.2) is 11.6 Å². The molecule has 1 amide bonds. The summed E-state index contributed by atoms with van der Waals surface area (Å²) in [4.78, 5) is 11.2. The fraction of sp³-hybridized carbons (Fsp3) is 0.263.